The first-order chi connectivity index (χ1) is 5.74. The average molecular weight is 189 g/mol. The summed E-state index contributed by atoms with van der Waals surface area (Å²) in [5.74, 6) is 0.355. The molecule has 1 fully saturated rings. The number of amides is 2. The van der Waals surface area contributed by atoms with Gasteiger partial charge in [0.1, 0.15) is 6.04 Å². The van der Waals surface area contributed by atoms with Crippen LogP contribution in [0.5, 0.6) is 0 Å². The molecule has 0 radical (unpaired) electrons. The van der Waals surface area contributed by atoms with Gasteiger partial charge in [-0.1, -0.05) is 11.8 Å². The summed E-state index contributed by atoms with van der Waals surface area (Å²) in [6.45, 7) is 0.870. The molecule has 0 aromatic rings. The first-order valence-corrected chi connectivity index (χ1v) is 4.63. The van der Waals surface area contributed by atoms with E-state index in [1.165, 1.54) is 0 Å². The van der Waals surface area contributed by atoms with Crippen LogP contribution in [0.3, 0.4) is 0 Å². The van der Waals surface area contributed by atoms with Crippen molar-refractivity contribution in [1.29, 1.82) is 0 Å². The van der Waals surface area contributed by atoms with Crippen LogP contribution in [0.2, 0.25) is 0 Å². The highest BCUT2D eigenvalue weighted by atomic mass is 32.2. The van der Waals surface area contributed by atoms with Gasteiger partial charge in [-0.05, 0) is 0 Å². The second kappa shape index (κ2) is 4.32. The molecule has 12 heavy (non-hydrogen) atoms. The van der Waals surface area contributed by atoms with E-state index in [4.69, 9.17) is 5.73 Å². The summed E-state index contributed by atoms with van der Waals surface area (Å²) >= 11 is 1.13. The summed E-state index contributed by atoms with van der Waals surface area (Å²) in [6, 6.07) is -0.381. The van der Waals surface area contributed by atoms with Crippen LogP contribution in [0.15, 0.2) is 0 Å². The molecule has 1 heterocycles. The highest BCUT2D eigenvalue weighted by Crippen LogP contribution is 2.12. The van der Waals surface area contributed by atoms with Gasteiger partial charge < -0.3 is 16.4 Å². The van der Waals surface area contributed by atoms with Crippen LogP contribution in [-0.2, 0) is 4.79 Å². The molecular weight excluding hydrogens is 178 g/mol. The van der Waals surface area contributed by atoms with Crippen molar-refractivity contribution in [3.8, 4) is 0 Å². The van der Waals surface area contributed by atoms with Crippen LogP contribution in [0.25, 0.3) is 0 Å². The molecule has 0 saturated carbocycles. The molecule has 0 spiro atoms. The summed E-state index contributed by atoms with van der Waals surface area (Å²) in [5, 5.41) is 5.00. The molecule has 4 N–H and O–H groups in total. The van der Waals surface area contributed by atoms with Gasteiger partial charge in [0.25, 0.3) is 5.24 Å². The predicted molar refractivity (Wildman–Crippen MR) is 46.8 cm³/mol. The Morgan fingerprint density at radius 1 is 1.83 bits per heavy atom. The molecule has 0 aromatic heterocycles. The molecule has 0 aliphatic carbocycles. The average Bonchev–Trinajstić information content (AvgIpc) is 2.47. The minimum Gasteiger partial charge on any atom is -0.353 e. The molecule has 6 heteroatoms. The maximum Gasteiger partial charge on any atom is 0.279 e. The summed E-state index contributed by atoms with van der Waals surface area (Å²) in [4.78, 5) is 21.8. The number of thioether (sulfide) groups is 1. The van der Waals surface area contributed by atoms with Crippen molar-refractivity contribution in [2.24, 2.45) is 5.73 Å². The van der Waals surface area contributed by atoms with Crippen molar-refractivity contribution in [2.75, 3.05) is 18.8 Å². The number of rotatable bonds is 3. The van der Waals surface area contributed by atoms with Crippen LogP contribution < -0.4 is 16.4 Å². The van der Waals surface area contributed by atoms with E-state index in [0.29, 0.717) is 18.8 Å². The van der Waals surface area contributed by atoms with E-state index < -0.39 is 0 Å². The number of hydrogen-bond donors (Lipinski definition) is 3. The number of hydrogen-bond acceptors (Lipinski definition) is 4. The molecule has 1 aliphatic rings. The molecule has 1 aliphatic heterocycles. The van der Waals surface area contributed by atoms with Crippen molar-refractivity contribution in [1.82, 2.24) is 10.6 Å². The van der Waals surface area contributed by atoms with Gasteiger partial charge in [0.2, 0.25) is 5.91 Å². The van der Waals surface area contributed by atoms with E-state index in [1.807, 2.05) is 0 Å². The van der Waals surface area contributed by atoms with E-state index in [-0.39, 0.29) is 17.2 Å². The SMILES string of the molecule is NCCNC(=O)[C@@H]1CSC(=O)N1. The van der Waals surface area contributed by atoms with Gasteiger partial charge in [-0.2, -0.15) is 0 Å². The predicted octanol–water partition coefficient (Wildman–Crippen LogP) is -1.11. The molecule has 1 saturated heterocycles. The standard InChI is InChI=1S/C6H11N3O2S/c7-1-2-8-5(10)4-3-12-6(11)9-4/h4H,1-3,7H2,(H,8,10)(H,9,11)/t4-/m0/s1. The number of nitrogens with one attached hydrogen (secondary N) is 2. The zero-order chi connectivity index (χ0) is 8.97. The highest BCUT2D eigenvalue weighted by molar-refractivity contribution is 8.14. The van der Waals surface area contributed by atoms with Crippen molar-refractivity contribution < 1.29 is 9.59 Å². The number of carbonyl (C=O) groups excluding carboxylic acids is 2. The zero-order valence-corrected chi connectivity index (χ0v) is 7.32. The van der Waals surface area contributed by atoms with E-state index in [1.54, 1.807) is 0 Å². The number of carbonyl (C=O) groups is 2. The minimum atomic E-state index is -0.381. The summed E-state index contributed by atoms with van der Waals surface area (Å²) in [7, 11) is 0. The van der Waals surface area contributed by atoms with Crippen molar-refractivity contribution in [2.45, 2.75) is 6.04 Å². The maximum atomic E-state index is 11.2. The van der Waals surface area contributed by atoms with Crippen LogP contribution in [0.4, 0.5) is 4.79 Å². The van der Waals surface area contributed by atoms with E-state index in [9.17, 15) is 9.59 Å². The second-order valence-corrected chi connectivity index (χ2v) is 3.37. The van der Waals surface area contributed by atoms with Crippen LogP contribution in [0.1, 0.15) is 0 Å². The quantitative estimate of drug-likeness (QED) is 0.525. The highest BCUT2D eigenvalue weighted by Gasteiger charge is 2.27. The van der Waals surface area contributed by atoms with Crippen LogP contribution >= 0.6 is 11.8 Å². The molecule has 5 nitrogen and oxygen atoms in total. The van der Waals surface area contributed by atoms with E-state index >= 15 is 0 Å². The first-order valence-electron chi connectivity index (χ1n) is 3.65. The smallest absolute Gasteiger partial charge is 0.279 e. The normalized spacial score (nSPS) is 22.1. The Hall–Kier alpha value is -0.750. The fraction of sp³-hybridized carbons (Fsp3) is 0.667. The van der Waals surface area contributed by atoms with Crippen molar-refractivity contribution in [3.05, 3.63) is 0 Å². The summed E-state index contributed by atoms with van der Waals surface area (Å²) in [6.07, 6.45) is 0. The van der Waals surface area contributed by atoms with Gasteiger partial charge in [0.15, 0.2) is 0 Å². The third-order valence-corrected chi connectivity index (χ3v) is 2.31. The molecule has 1 rings (SSSR count). The van der Waals surface area contributed by atoms with Gasteiger partial charge >= 0.3 is 0 Å². The van der Waals surface area contributed by atoms with Gasteiger partial charge in [-0.15, -0.1) is 0 Å². The Bertz CT molecular complexity index is 197. The lowest BCUT2D eigenvalue weighted by Gasteiger charge is -2.08. The maximum absolute atomic E-state index is 11.2. The van der Waals surface area contributed by atoms with Crippen LogP contribution in [-0.4, -0.2) is 36.0 Å². The van der Waals surface area contributed by atoms with Gasteiger partial charge in [0, 0.05) is 18.8 Å². The summed E-state index contributed by atoms with van der Waals surface area (Å²) in [5.41, 5.74) is 5.20. The van der Waals surface area contributed by atoms with Gasteiger partial charge in [0.05, 0.1) is 0 Å². The number of nitrogens with two attached hydrogens (primary N) is 1. The van der Waals surface area contributed by atoms with Gasteiger partial charge in [-0.3, -0.25) is 9.59 Å². The molecule has 0 aromatic carbocycles. The molecule has 2 amide bonds. The molecular formula is C6H11N3O2S. The fourth-order valence-corrected chi connectivity index (χ4v) is 1.62. The third kappa shape index (κ3) is 2.38. The Morgan fingerprint density at radius 3 is 3.08 bits per heavy atom. The lowest BCUT2D eigenvalue weighted by Crippen LogP contribution is -2.44. The van der Waals surface area contributed by atoms with E-state index in [2.05, 4.69) is 10.6 Å². The second-order valence-electron chi connectivity index (χ2n) is 2.38. The van der Waals surface area contributed by atoms with E-state index in [0.717, 1.165) is 11.8 Å². The topological polar surface area (TPSA) is 84.2 Å². The fourth-order valence-electron chi connectivity index (χ4n) is 0.844. The molecule has 0 unspecified atom stereocenters. The molecule has 0 bridgehead atoms. The third-order valence-electron chi connectivity index (χ3n) is 1.43. The lowest BCUT2D eigenvalue weighted by molar-refractivity contribution is -0.122. The Kier molecular flexibility index (Phi) is 3.36. The minimum absolute atomic E-state index is 0.136. The Morgan fingerprint density at radius 2 is 2.58 bits per heavy atom. The Balaban J connectivity index is 2.28. The Labute approximate surface area is 74.4 Å². The van der Waals surface area contributed by atoms with Crippen molar-refractivity contribution in [3.63, 3.8) is 0 Å². The molecule has 1 atom stereocenters. The van der Waals surface area contributed by atoms with Crippen LogP contribution in [0, 0.1) is 0 Å². The zero-order valence-electron chi connectivity index (χ0n) is 6.50. The first kappa shape index (κ1) is 9.34. The van der Waals surface area contributed by atoms with Gasteiger partial charge in [-0.25, -0.2) is 0 Å². The lowest BCUT2D eigenvalue weighted by atomic mass is 10.3. The monoisotopic (exact) mass is 189 g/mol. The molecule has 68 valence electrons. The van der Waals surface area contributed by atoms with Crippen molar-refractivity contribution >= 4 is 22.9 Å². The summed E-state index contributed by atoms with van der Waals surface area (Å²) < 4.78 is 0. The largest absolute Gasteiger partial charge is 0.353 e.